The minimum absolute atomic E-state index is 0.0292. The molecule has 0 aliphatic carbocycles. The number of ether oxygens (including phenoxy) is 3. The van der Waals surface area contributed by atoms with E-state index in [0.29, 0.717) is 13.2 Å². The van der Waals surface area contributed by atoms with Crippen molar-refractivity contribution in [1.82, 2.24) is 0 Å². The maximum Gasteiger partial charge on any atom is 0.0707 e. The largest absolute Gasteiger partial charge is 0.388 e. The van der Waals surface area contributed by atoms with Crippen molar-refractivity contribution < 1.29 is 14.2 Å². The summed E-state index contributed by atoms with van der Waals surface area (Å²) in [6, 6.07) is 0. The Morgan fingerprint density at radius 1 is 0.917 bits per heavy atom. The summed E-state index contributed by atoms with van der Waals surface area (Å²) in [5.74, 6) is 0. The van der Waals surface area contributed by atoms with Crippen LogP contribution in [0.3, 0.4) is 0 Å². The summed E-state index contributed by atoms with van der Waals surface area (Å²) in [4.78, 5) is 0. The third-order valence-corrected chi connectivity index (χ3v) is 0.823. The summed E-state index contributed by atoms with van der Waals surface area (Å²) < 4.78 is 14.4. The number of hydrogen-bond acceptors (Lipinski definition) is 3. The van der Waals surface area contributed by atoms with Gasteiger partial charge in [0.05, 0.1) is 18.8 Å². The summed E-state index contributed by atoms with van der Waals surface area (Å²) in [5.41, 5.74) is -0.0292. The van der Waals surface area contributed by atoms with Gasteiger partial charge in [-0.2, -0.15) is 0 Å². The third-order valence-electron chi connectivity index (χ3n) is 0.823. The molecule has 3 heteroatoms. The molecule has 0 amide bonds. The van der Waals surface area contributed by atoms with Crippen molar-refractivity contribution >= 4 is 0 Å². The molecule has 0 radical (unpaired) electrons. The van der Waals surface area contributed by atoms with Gasteiger partial charge < -0.3 is 14.2 Å². The molecule has 0 bridgehead atoms. The maximum absolute atomic E-state index is 5.34. The smallest absolute Gasteiger partial charge is 0.0707 e. The van der Waals surface area contributed by atoms with Crippen molar-refractivity contribution in [2.45, 2.75) is 26.4 Å². The minimum atomic E-state index is -0.0292. The molecule has 0 unspecified atom stereocenters. The van der Waals surface area contributed by atoms with Crippen molar-refractivity contribution in [3.63, 3.8) is 0 Å². The van der Waals surface area contributed by atoms with Gasteiger partial charge in [-0.1, -0.05) is 0 Å². The highest BCUT2D eigenvalue weighted by Gasteiger charge is 2.08. The zero-order valence-corrected chi connectivity index (χ0v) is 9.14. The highest BCUT2D eigenvalue weighted by Crippen LogP contribution is 2.05. The maximum atomic E-state index is 5.34. The molecule has 0 aromatic carbocycles. The Kier molecular flexibility index (Phi) is 10.8. The van der Waals surface area contributed by atoms with Crippen LogP contribution in [0.1, 0.15) is 20.8 Å². The molecule has 76 valence electrons. The van der Waals surface area contributed by atoms with E-state index in [1.165, 1.54) is 0 Å². The second kappa shape index (κ2) is 8.97. The van der Waals surface area contributed by atoms with Gasteiger partial charge in [-0.05, 0) is 20.8 Å². The summed E-state index contributed by atoms with van der Waals surface area (Å²) in [6.45, 7) is 7.45. The van der Waals surface area contributed by atoms with Crippen molar-refractivity contribution in [2.75, 3.05) is 34.5 Å². The van der Waals surface area contributed by atoms with Gasteiger partial charge >= 0.3 is 0 Å². The lowest BCUT2D eigenvalue weighted by Gasteiger charge is -2.18. The lowest BCUT2D eigenvalue weighted by atomic mass is 10.2. The predicted molar refractivity (Wildman–Crippen MR) is 50.5 cm³/mol. The second-order valence-corrected chi connectivity index (χ2v) is 3.36. The zero-order chi connectivity index (χ0) is 10.0. The molecule has 0 heterocycles. The number of hydrogen-bond donors (Lipinski definition) is 0. The van der Waals surface area contributed by atoms with Gasteiger partial charge in [0.2, 0.25) is 0 Å². The van der Waals surface area contributed by atoms with Crippen LogP contribution >= 0.6 is 0 Å². The molecule has 0 aromatic rings. The summed E-state index contributed by atoms with van der Waals surface area (Å²) in [6.07, 6.45) is 0. The van der Waals surface area contributed by atoms with E-state index >= 15 is 0 Å². The van der Waals surface area contributed by atoms with Gasteiger partial charge in [0.25, 0.3) is 0 Å². The fourth-order valence-corrected chi connectivity index (χ4v) is 0.431. The van der Waals surface area contributed by atoms with Crippen LogP contribution in [0.4, 0.5) is 0 Å². The summed E-state index contributed by atoms with van der Waals surface area (Å²) >= 11 is 0. The molecule has 12 heavy (non-hydrogen) atoms. The molecule has 0 fully saturated rings. The molecule has 0 spiro atoms. The Labute approximate surface area is 76.0 Å². The molecule has 0 aliphatic heterocycles. The van der Waals surface area contributed by atoms with Crippen molar-refractivity contribution in [3.05, 3.63) is 0 Å². The van der Waals surface area contributed by atoms with Gasteiger partial charge in [0, 0.05) is 21.3 Å². The first-order chi connectivity index (χ1) is 5.47. The molecule has 0 N–H and O–H groups in total. The van der Waals surface area contributed by atoms with Gasteiger partial charge in [-0.25, -0.2) is 0 Å². The van der Waals surface area contributed by atoms with Crippen LogP contribution < -0.4 is 0 Å². The first-order valence-electron chi connectivity index (χ1n) is 4.01. The SMILES string of the molecule is COC.COCCOC(C)(C)C. The van der Waals surface area contributed by atoms with E-state index in [-0.39, 0.29) is 5.60 Å². The van der Waals surface area contributed by atoms with Crippen LogP contribution in [0.2, 0.25) is 0 Å². The van der Waals surface area contributed by atoms with Crippen LogP contribution in [0.15, 0.2) is 0 Å². The van der Waals surface area contributed by atoms with E-state index in [9.17, 15) is 0 Å². The Hall–Kier alpha value is -0.120. The summed E-state index contributed by atoms with van der Waals surface area (Å²) in [7, 11) is 4.92. The van der Waals surface area contributed by atoms with E-state index < -0.39 is 0 Å². The Bertz CT molecular complexity index is 76.3. The van der Waals surface area contributed by atoms with Crippen LogP contribution in [-0.2, 0) is 14.2 Å². The van der Waals surface area contributed by atoms with E-state index in [1.807, 2.05) is 20.8 Å². The minimum Gasteiger partial charge on any atom is -0.388 e. The molecule has 0 saturated carbocycles. The molecule has 0 saturated heterocycles. The van der Waals surface area contributed by atoms with E-state index in [4.69, 9.17) is 9.47 Å². The molecule has 3 nitrogen and oxygen atoms in total. The molecular formula is C9H22O3. The highest BCUT2D eigenvalue weighted by molar-refractivity contribution is 4.57. The first kappa shape index (κ1) is 14.4. The number of methoxy groups -OCH3 is 2. The predicted octanol–water partition coefficient (Wildman–Crippen LogP) is 1.71. The van der Waals surface area contributed by atoms with Gasteiger partial charge in [-0.3, -0.25) is 0 Å². The topological polar surface area (TPSA) is 27.7 Å². The van der Waals surface area contributed by atoms with Crippen LogP contribution in [0.25, 0.3) is 0 Å². The molecule has 0 aromatic heterocycles. The lowest BCUT2D eigenvalue weighted by Crippen LogP contribution is -2.21. The van der Waals surface area contributed by atoms with Crippen molar-refractivity contribution in [2.24, 2.45) is 0 Å². The van der Waals surface area contributed by atoms with Crippen LogP contribution in [0, 0.1) is 0 Å². The standard InChI is InChI=1S/C7H16O2.C2H6O/c1-7(2,3)9-6-5-8-4;1-3-2/h5-6H2,1-4H3;1-2H3. The molecule has 0 rings (SSSR count). The normalized spacial score (nSPS) is 10.5. The zero-order valence-electron chi connectivity index (χ0n) is 9.14. The third kappa shape index (κ3) is 22.5. The van der Waals surface area contributed by atoms with E-state index in [0.717, 1.165) is 0 Å². The lowest BCUT2D eigenvalue weighted by molar-refractivity contribution is -0.0270. The monoisotopic (exact) mass is 178 g/mol. The van der Waals surface area contributed by atoms with Gasteiger partial charge in [0.1, 0.15) is 0 Å². The highest BCUT2D eigenvalue weighted by atomic mass is 16.5. The van der Waals surface area contributed by atoms with Crippen LogP contribution in [0.5, 0.6) is 0 Å². The molecular weight excluding hydrogens is 156 g/mol. The van der Waals surface area contributed by atoms with Crippen molar-refractivity contribution in [3.8, 4) is 0 Å². The van der Waals surface area contributed by atoms with Crippen molar-refractivity contribution in [1.29, 1.82) is 0 Å². The average molecular weight is 178 g/mol. The number of rotatable bonds is 3. The average Bonchev–Trinajstić information content (AvgIpc) is 1.87. The van der Waals surface area contributed by atoms with Gasteiger partial charge in [0.15, 0.2) is 0 Å². The fourth-order valence-electron chi connectivity index (χ4n) is 0.431. The molecule has 0 aliphatic rings. The van der Waals surface area contributed by atoms with Crippen LogP contribution in [-0.4, -0.2) is 40.1 Å². The Morgan fingerprint density at radius 3 is 1.58 bits per heavy atom. The summed E-state index contributed by atoms with van der Waals surface area (Å²) in [5, 5.41) is 0. The fraction of sp³-hybridized carbons (Fsp3) is 1.00. The quantitative estimate of drug-likeness (QED) is 0.616. The molecule has 0 atom stereocenters. The first-order valence-corrected chi connectivity index (χ1v) is 4.01. The Balaban J connectivity index is 0. The van der Waals surface area contributed by atoms with E-state index in [2.05, 4.69) is 4.74 Å². The second-order valence-electron chi connectivity index (χ2n) is 3.36. The van der Waals surface area contributed by atoms with E-state index in [1.54, 1.807) is 21.3 Å². The van der Waals surface area contributed by atoms with Gasteiger partial charge in [-0.15, -0.1) is 0 Å². The Morgan fingerprint density at radius 2 is 1.33 bits per heavy atom.